The van der Waals surface area contributed by atoms with Crippen LogP contribution in [0.25, 0.3) is 0 Å². The molecule has 23 heavy (non-hydrogen) atoms. The molecule has 3 heterocycles. The normalized spacial score (nSPS) is 25.5. The van der Waals surface area contributed by atoms with Gasteiger partial charge < -0.3 is 4.90 Å². The SMILES string of the molecule is O=S1(=O)CC[C@H]2CN(c3ccnc(Cc4ccccc4)n3)C[C@H]21. The van der Waals surface area contributed by atoms with E-state index in [1.165, 1.54) is 5.56 Å². The molecule has 2 aromatic rings. The minimum Gasteiger partial charge on any atom is -0.355 e. The number of hydrogen-bond acceptors (Lipinski definition) is 5. The van der Waals surface area contributed by atoms with Crippen LogP contribution >= 0.6 is 0 Å². The highest BCUT2D eigenvalue weighted by molar-refractivity contribution is 7.92. The molecule has 0 amide bonds. The highest BCUT2D eigenvalue weighted by atomic mass is 32.2. The predicted octanol–water partition coefficient (Wildman–Crippen LogP) is 1.69. The Kier molecular flexibility index (Phi) is 3.56. The largest absolute Gasteiger partial charge is 0.355 e. The Morgan fingerprint density at radius 1 is 1.13 bits per heavy atom. The first-order chi connectivity index (χ1) is 11.1. The van der Waals surface area contributed by atoms with Crippen LogP contribution in [0.4, 0.5) is 5.82 Å². The third-order valence-corrected chi connectivity index (χ3v) is 7.10. The lowest BCUT2D eigenvalue weighted by molar-refractivity contribution is 0.577. The maximum absolute atomic E-state index is 12.1. The third kappa shape index (κ3) is 2.83. The monoisotopic (exact) mass is 329 g/mol. The molecule has 1 aromatic heterocycles. The summed E-state index contributed by atoms with van der Waals surface area (Å²) in [7, 11) is -2.91. The average molecular weight is 329 g/mol. The summed E-state index contributed by atoms with van der Waals surface area (Å²) in [5.74, 6) is 2.22. The lowest BCUT2D eigenvalue weighted by Crippen LogP contribution is -2.27. The van der Waals surface area contributed by atoms with E-state index in [0.29, 0.717) is 18.7 Å². The quantitative estimate of drug-likeness (QED) is 0.857. The van der Waals surface area contributed by atoms with E-state index in [-0.39, 0.29) is 11.2 Å². The predicted molar refractivity (Wildman–Crippen MR) is 89.2 cm³/mol. The molecule has 0 radical (unpaired) electrons. The van der Waals surface area contributed by atoms with E-state index < -0.39 is 9.84 Å². The summed E-state index contributed by atoms with van der Waals surface area (Å²) in [4.78, 5) is 11.1. The summed E-state index contributed by atoms with van der Waals surface area (Å²) in [5, 5.41) is -0.213. The lowest BCUT2D eigenvalue weighted by atomic mass is 10.1. The Morgan fingerprint density at radius 3 is 2.74 bits per heavy atom. The van der Waals surface area contributed by atoms with E-state index in [2.05, 4.69) is 27.0 Å². The van der Waals surface area contributed by atoms with Crippen molar-refractivity contribution < 1.29 is 8.42 Å². The number of fused-ring (bicyclic) bond motifs is 1. The molecule has 6 heteroatoms. The van der Waals surface area contributed by atoms with Crippen LogP contribution in [-0.4, -0.2) is 42.5 Å². The van der Waals surface area contributed by atoms with Crippen LogP contribution in [0.15, 0.2) is 42.6 Å². The highest BCUT2D eigenvalue weighted by Crippen LogP contribution is 2.35. The molecule has 1 aromatic carbocycles. The lowest BCUT2D eigenvalue weighted by Gasteiger charge is -2.18. The van der Waals surface area contributed by atoms with E-state index >= 15 is 0 Å². The average Bonchev–Trinajstić information content (AvgIpc) is 3.10. The number of sulfone groups is 1. The second-order valence-electron chi connectivity index (χ2n) is 6.35. The van der Waals surface area contributed by atoms with Crippen molar-refractivity contribution in [2.24, 2.45) is 5.92 Å². The van der Waals surface area contributed by atoms with Crippen molar-refractivity contribution in [3.8, 4) is 0 Å². The van der Waals surface area contributed by atoms with Crippen molar-refractivity contribution in [3.05, 3.63) is 54.0 Å². The van der Waals surface area contributed by atoms with Crippen molar-refractivity contribution in [1.29, 1.82) is 0 Å². The number of anilines is 1. The van der Waals surface area contributed by atoms with Crippen LogP contribution in [0, 0.1) is 5.92 Å². The van der Waals surface area contributed by atoms with Crippen LogP contribution < -0.4 is 4.90 Å². The van der Waals surface area contributed by atoms with Crippen molar-refractivity contribution in [3.63, 3.8) is 0 Å². The van der Waals surface area contributed by atoms with Gasteiger partial charge in [0.1, 0.15) is 11.6 Å². The summed E-state index contributed by atoms with van der Waals surface area (Å²) in [6, 6.07) is 12.0. The number of benzene rings is 1. The Bertz CT molecular complexity index is 808. The molecule has 2 atom stereocenters. The van der Waals surface area contributed by atoms with Gasteiger partial charge in [-0.3, -0.25) is 0 Å². The van der Waals surface area contributed by atoms with Crippen molar-refractivity contribution in [2.45, 2.75) is 18.1 Å². The van der Waals surface area contributed by atoms with E-state index in [1.807, 2.05) is 24.3 Å². The molecule has 2 aliphatic rings. The Balaban J connectivity index is 1.54. The molecule has 2 fully saturated rings. The zero-order chi connectivity index (χ0) is 15.9. The molecular formula is C17H19N3O2S. The van der Waals surface area contributed by atoms with E-state index in [9.17, 15) is 8.42 Å². The van der Waals surface area contributed by atoms with Gasteiger partial charge in [-0.25, -0.2) is 18.4 Å². The second kappa shape index (κ2) is 5.60. The summed E-state index contributed by atoms with van der Waals surface area (Å²) in [6.45, 7) is 1.35. The summed E-state index contributed by atoms with van der Waals surface area (Å²) in [5.41, 5.74) is 1.17. The van der Waals surface area contributed by atoms with Crippen LogP contribution in [0.2, 0.25) is 0 Å². The first kappa shape index (κ1) is 14.6. The number of nitrogens with zero attached hydrogens (tertiary/aromatic N) is 3. The summed E-state index contributed by atoms with van der Waals surface area (Å²) >= 11 is 0. The molecule has 120 valence electrons. The molecular weight excluding hydrogens is 310 g/mol. The van der Waals surface area contributed by atoms with Gasteiger partial charge in [-0.05, 0) is 24.0 Å². The van der Waals surface area contributed by atoms with Crippen molar-refractivity contribution in [2.75, 3.05) is 23.7 Å². The van der Waals surface area contributed by atoms with Crippen LogP contribution in [0.3, 0.4) is 0 Å². The Labute approximate surface area is 136 Å². The van der Waals surface area contributed by atoms with Gasteiger partial charge in [-0.15, -0.1) is 0 Å². The minimum atomic E-state index is -2.91. The van der Waals surface area contributed by atoms with Crippen LogP contribution in [-0.2, 0) is 16.3 Å². The van der Waals surface area contributed by atoms with E-state index in [1.54, 1.807) is 6.20 Å². The van der Waals surface area contributed by atoms with Gasteiger partial charge in [0.05, 0.1) is 11.0 Å². The molecule has 0 bridgehead atoms. The Hall–Kier alpha value is -1.95. The molecule has 2 saturated heterocycles. The van der Waals surface area contributed by atoms with Gasteiger partial charge in [0.25, 0.3) is 0 Å². The maximum Gasteiger partial charge on any atom is 0.155 e. The van der Waals surface area contributed by atoms with Crippen molar-refractivity contribution in [1.82, 2.24) is 9.97 Å². The van der Waals surface area contributed by atoms with Crippen molar-refractivity contribution >= 4 is 15.7 Å². The summed E-state index contributed by atoms with van der Waals surface area (Å²) in [6.07, 6.45) is 3.24. The van der Waals surface area contributed by atoms with Gasteiger partial charge in [0.15, 0.2) is 9.84 Å². The molecule has 5 nitrogen and oxygen atoms in total. The van der Waals surface area contributed by atoms with Gasteiger partial charge >= 0.3 is 0 Å². The van der Waals surface area contributed by atoms with E-state index in [0.717, 1.165) is 24.6 Å². The maximum atomic E-state index is 12.1. The molecule has 0 unspecified atom stereocenters. The molecule has 0 spiro atoms. The fourth-order valence-electron chi connectivity index (χ4n) is 3.61. The Morgan fingerprint density at radius 2 is 1.96 bits per heavy atom. The van der Waals surface area contributed by atoms with Gasteiger partial charge in [0, 0.05) is 25.7 Å². The first-order valence-corrected chi connectivity index (χ1v) is 9.66. The molecule has 2 aliphatic heterocycles. The minimum absolute atomic E-state index is 0.213. The first-order valence-electron chi connectivity index (χ1n) is 7.94. The second-order valence-corrected chi connectivity index (χ2v) is 8.69. The fraction of sp³-hybridized carbons (Fsp3) is 0.412. The zero-order valence-corrected chi connectivity index (χ0v) is 13.6. The molecule has 0 N–H and O–H groups in total. The number of rotatable bonds is 3. The third-order valence-electron chi connectivity index (χ3n) is 4.84. The molecule has 0 aliphatic carbocycles. The summed E-state index contributed by atoms with van der Waals surface area (Å²) < 4.78 is 24.1. The number of hydrogen-bond donors (Lipinski definition) is 0. The molecule has 4 rings (SSSR count). The fourth-order valence-corrected chi connectivity index (χ4v) is 5.76. The standard InChI is InChI=1S/C17H19N3O2S/c21-23(22)9-7-14-11-20(12-15(14)23)17-6-8-18-16(19-17)10-13-4-2-1-3-5-13/h1-6,8,14-15H,7,9-12H2/t14-,15+/m0/s1. The van der Waals surface area contributed by atoms with Gasteiger partial charge in [-0.2, -0.15) is 0 Å². The van der Waals surface area contributed by atoms with Crippen LogP contribution in [0.5, 0.6) is 0 Å². The van der Waals surface area contributed by atoms with Gasteiger partial charge in [0.2, 0.25) is 0 Å². The van der Waals surface area contributed by atoms with E-state index in [4.69, 9.17) is 0 Å². The zero-order valence-electron chi connectivity index (χ0n) is 12.8. The number of aromatic nitrogens is 2. The highest BCUT2D eigenvalue weighted by Gasteiger charge is 2.46. The van der Waals surface area contributed by atoms with Crippen LogP contribution in [0.1, 0.15) is 17.8 Å². The van der Waals surface area contributed by atoms with Gasteiger partial charge in [-0.1, -0.05) is 30.3 Å². The smallest absolute Gasteiger partial charge is 0.155 e. The molecule has 0 saturated carbocycles. The topological polar surface area (TPSA) is 63.2 Å².